The molecule has 6 aromatic rings. The minimum absolute atomic E-state index is 0.211. The van der Waals surface area contributed by atoms with E-state index in [1.807, 2.05) is 73.7 Å². The molecule has 0 spiro atoms. The number of rotatable bonds is 8. The van der Waals surface area contributed by atoms with Crippen molar-refractivity contribution in [1.29, 1.82) is 0 Å². The molecule has 0 radical (unpaired) electrons. The monoisotopic (exact) mass is 741 g/mol. The quantitative estimate of drug-likeness (QED) is 0.147. The number of halogens is 1. The van der Waals surface area contributed by atoms with Gasteiger partial charge in [-0.3, -0.25) is 9.36 Å². The number of nitrogens with zero attached hydrogens (tertiary/aromatic N) is 3. The van der Waals surface area contributed by atoms with Crippen molar-refractivity contribution in [3.8, 4) is 28.2 Å². The second-order valence-electron chi connectivity index (χ2n) is 12.5. The third-order valence-electron chi connectivity index (χ3n) is 8.95. The van der Waals surface area contributed by atoms with Crippen molar-refractivity contribution in [1.82, 2.24) is 9.13 Å². The van der Waals surface area contributed by atoms with Crippen molar-refractivity contribution in [3.63, 3.8) is 0 Å². The van der Waals surface area contributed by atoms with Gasteiger partial charge in [-0.25, -0.2) is 9.79 Å². The number of esters is 1. The van der Waals surface area contributed by atoms with Crippen LogP contribution < -0.4 is 14.9 Å². The lowest BCUT2D eigenvalue weighted by Gasteiger charge is -2.25. The number of aromatic nitrogens is 2. The molecule has 2 aromatic heterocycles. The Balaban J connectivity index is 1.49. The van der Waals surface area contributed by atoms with Gasteiger partial charge in [-0.05, 0) is 78.4 Å². The second-order valence-corrected chi connectivity index (χ2v) is 14.4. The molecule has 0 bridgehead atoms. The van der Waals surface area contributed by atoms with Gasteiger partial charge in [0.1, 0.15) is 0 Å². The normalized spacial score (nSPS) is 14.5. The van der Waals surface area contributed by atoms with Gasteiger partial charge in [0.25, 0.3) is 5.56 Å². The van der Waals surface area contributed by atoms with E-state index in [1.165, 1.54) is 16.9 Å². The number of allylic oxidation sites excluding steroid dienone is 1. The molecule has 0 unspecified atom stereocenters. The van der Waals surface area contributed by atoms with Crippen LogP contribution in [0.2, 0.25) is 0 Å². The van der Waals surface area contributed by atoms with Gasteiger partial charge in [-0.15, -0.1) is 0 Å². The van der Waals surface area contributed by atoms with E-state index in [4.69, 9.17) is 9.73 Å². The summed E-state index contributed by atoms with van der Waals surface area (Å²) in [6.07, 6.45) is 1.97. The van der Waals surface area contributed by atoms with Crippen molar-refractivity contribution in [2.75, 3.05) is 6.61 Å². The van der Waals surface area contributed by atoms with Crippen LogP contribution in [0.1, 0.15) is 56.3 Å². The molecule has 0 saturated carbocycles. The fourth-order valence-electron chi connectivity index (χ4n) is 6.52. The summed E-state index contributed by atoms with van der Waals surface area (Å²) < 4.78 is 10.9. The minimum Gasteiger partial charge on any atom is -0.463 e. The average molecular weight is 743 g/mol. The van der Waals surface area contributed by atoms with E-state index in [9.17, 15) is 9.59 Å². The van der Waals surface area contributed by atoms with E-state index >= 15 is 0 Å². The summed E-state index contributed by atoms with van der Waals surface area (Å²) in [5.74, 6) is -0.122. The zero-order chi connectivity index (χ0) is 34.9. The lowest BCUT2D eigenvalue weighted by Crippen LogP contribution is -2.39. The first kappa shape index (κ1) is 33.4. The van der Waals surface area contributed by atoms with Gasteiger partial charge in [0.05, 0.1) is 39.8 Å². The number of benzene rings is 4. The van der Waals surface area contributed by atoms with Crippen LogP contribution in [-0.4, -0.2) is 21.7 Å². The predicted molar refractivity (Wildman–Crippen MR) is 205 cm³/mol. The van der Waals surface area contributed by atoms with Crippen molar-refractivity contribution >= 4 is 39.3 Å². The van der Waals surface area contributed by atoms with E-state index in [2.05, 4.69) is 88.9 Å². The molecule has 50 heavy (non-hydrogen) atoms. The predicted octanol–water partition coefficient (Wildman–Crippen LogP) is 8.81. The Morgan fingerprint density at radius 3 is 2.18 bits per heavy atom. The summed E-state index contributed by atoms with van der Waals surface area (Å²) in [6, 6.07) is 38.4. The maximum absolute atomic E-state index is 14.6. The fourth-order valence-corrected chi connectivity index (χ4v) is 7.82. The summed E-state index contributed by atoms with van der Waals surface area (Å²) in [6.45, 7) is 8.10. The van der Waals surface area contributed by atoms with Crippen LogP contribution in [0, 0.1) is 0 Å². The number of hydrogen-bond acceptors (Lipinski definition) is 5. The lowest BCUT2D eigenvalue weighted by molar-refractivity contribution is -0.139. The van der Waals surface area contributed by atoms with Crippen LogP contribution in [0.3, 0.4) is 0 Å². The number of carbonyl (C=O) groups excluding carboxylic acids is 1. The molecule has 3 heterocycles. The number of hydrogen-bond donors (Lipinski definition) is 0. The van der Waals surface area contributed by atoms with Crippen molar-refractivity contribution in [2.24, 2.45) is 4.99 Å². The summed E-state index contributed by atoms with van der Waals surface area (Å²) >= 11 is 4.93. The summed E-state index contributed by atoms with van der Waals surface area (Å²) in [4.78, 5) is 33.4. The first-order chi connectivity index (χ1) is 24.2. The van der Waals surface area contributed by atoms with Crippen LogP contribution in [0.25, 0.3) is 34.3 Å². The number of carbonyl (C=O) groups is 1. The van der Waals surface area contributed by atoms with Gasteiger partial charge in [0.2, 0.25) is 0 Å². The molecule has 8 heteroatoms. The number of fused-ring (bicyclic) bond motifs is 1. The van der Waals surface area contributed by atoms with E-state index < -0.39 is 12.0 Å². The van der Waals surface area contributed by atoms with Crippen molar-refractivity contribution in [2.45, 2.75) is 39.7 Å². The maximum Gasteiger partial charge on any atom is 0.338 e. The molecule has 0 fully saturated rings. The summed E-state index contributed by atoms with van der Waals surface area (Å²) in [5.41, 5.74) is 8.62. The molecule has 250 valence electrons. The van der Waals surface area contributed by atoms with Crippen LogP contribution in [-0.2, 0) is 9.53 Å². The average Bonchev–Trinajstić information content (AvgIpc) is 3.65. The molecule has 1 atom stereocenters. The molecule has 0 saturated heterocycles. The molecule has 1 aliphatic heterocycles. The van der Waals surface area contributed by atoms with Gasteiger partial charge in [0, 0.05) is 15.7 Å². The summed E-state index contributed by atoms with van der Waals surface area (Å²) in [5, 5.41) is 0. The molecule has 7 rings (SSSR count). The highest BCUT2D eigenvalue weighted by Crippen LogP contribution is 2.37. The highest BCUT2D eigenvalue weighted by molar-refractivity contribution is 9.10. The number of thiazole rings is 1. The second kappa shape index (κ2) is 14.1. The number of ether oxygens (including phenoxy) is 1. The molecule has 0 amide bonds. The standard InChI is InChI=1S/C42H36BrN3O3S/c1-5-49-41(48)37-27(4)44-42-46(39(37)31-18-16-28(17-19-31)26(2)3)40(47)36(50-42)25-32-24-35(29-12-8-6-9-13-29)45(34-22-20-33(43)21-23-34)38(32)30-14-10-7-11-15-30/h6-26,39H,5H2,1-4H3/b36-25-/t39-/m1/s1. The third-order valence-corrected chi connectivity index (χ3v) is 10.5. The largest absolute Gasteiger partial charge is 0.463 e. The topological polar surface area (TPSA) is 65.6 Å². The molecule has 0 N–H and O–H groups in total. The van der Waals surface area contributed by atoms with E-state index in [0.29, 0.717) is 26.5 Å². The summed E-state index contributed by atoms with van der Waals surface area (Å²) in [7, 11) is 0. The molecule has 1 aliphatic rings. The smallest absolute Gasteiger partial charge is 0.338 e. The Hall–Kier alpha value is -5.05. The van der Waals surface area contributed by atoms with Crippen LogP contribution >= 0.6 is 27.3 Å². The van der Waals surface area contributed by atoms with Crippen LogP contribution in [0.4, 0.5) is 0 Å². The Morgan fingerprint density at radius 2 is 1.56 bits per heavy atom. The van der Waals surface area contributed by atoms with Crippen molar-refractivity contribution < 1.29 is 9.53 Å². The molecule has 6 nitrogen and oxygen atoms in total. The van der Waals surface area contributed by atoms with E-state index in [-0.39, 0.29) is 12.2 Å². The van der Waals surface area contributed by atoms with Gasteiger partial charge in [-0.2, -0.15) is 0 Å². The minimum atomic E-state index is -0.672. The van der Waals surface area contributed by atoms with Crippen LogP contribution in [0.5, 0.6) is 0 Å². The third kappa shape index (κ3) is 6.25. The van der Waals surface area contributed by atoms with Gasteiger partial charge < -0.3 is 9.30 Å². The lowest BCUT2D eigenvalue weighted by atomic mass is 9.93. The van der Waals surface area contributed by atoms with Crippen molar-refractivity contribution in [3.05, 3.63) is 167 Å². The SMILES string of the molecule is CCOC(=O)C1=C(C)N=c2s/c(=C\c3cc(-c4ccccc4)n(-c4ccc(Br)cc4)c3-c3ccccc3)c(=O)n2[C@@H]1c1ccc(C(C)C)cc1. The maximum atomic E-state index is 14.6. The van der Waals surface area contributed by atoms with E-state index in [0.717, 1.165) is 43.8 Å². The first-order valence-electron chi connectivity index (χ1n) is 16.7. The van der Waals surface area contributed by atoms with Crippen LogP contribution in [0.15, 0.2) is 141 Å². The van der Waals surface area contributed by atoms with Gasteiger partial charge in [0.15, 0.2) is 4.80 Å². The Morgan fingerprint density at radius 1 is 0.920 bits per heavy atom. The molecule has 0 aliphatic carbocycles. The van der Waals surface area contributed by atoms with Gasteiger partial charge >= 0.3 is 5.97 Å². The Kier molecular flexibility index (Phi) is 9.40. The zero-order valence-corrected chi connectivity index (χ0v) is 30.7. The highest BCUT2D eigenvalue weighted by Gasteiger charge is 2.33. The fraction of sp³-hybridized carbons (Fsp3) is 0.167. The zero-order valence-electron chi connectivity index (χ0n) is 28.3. The first-order valence-corrected chi connectivity index (χ1v) is 18.3. The van der Waals surface area contributed by atoms with Gasteiger partial charge in [-0.1, -0.05) is 126 Å². The Bertz CT molecular complexity index is 2400. The Labute approximate surface area is 303 Å². The molecule has 4 aromatic carbocycles. The molecular formula is C42H36BrN3O3S. The van der Waals surface area contributed by atoms with E-state index in [1.54, 1.807) is 11.5 Å². The molecular weight excluding hydrogens is 706 g/mol. The highest BCUT2D eigenvalue weighted by atomic mass is 79.9.